The summed E-state index contributed by atoms with van der Waals surface area (Å²) in [5.41, 5.74) is 19.1. The molecule has 1 atom stereocenters. The molecule has 0 saturated carbocycles. The highest BCUT2D eigenvalue weighted by atomic mass is 16.5. The van der Waals surface area contributed by atoms with Crippen LogP contribution in [0.4, 0.5) is 0 Å². The molecule has 0 radical (unpaired) electrons. The lowest BCUT2D eigenvalue weighted by atomic mass is 9.66. The number of fused-ring (bicyclic) bond motifs is 21. The fourth-order valence-corrected chi connectivity index (χ4v) is 14.8. The molecule has 8 heterocycles. The van der Waals surface area contributed by atoms with Gasteiger partial charge in [-0.05, 0) is 114 Å². The maximum atomic E-state index is 7.37. The zero-order valence-electron chi connectivity index (χ0n) is 45.0. The van der Waals surface area contributed by atoms with E-state index >= 15 is 0 Å². The molecule has 17 aromatic rings. The number of nitrogens with zero attached hydrogens (tertiary/aromatic N) is 7. The number of hydrogen-bond donors (Lipinski definition) is 0. The molecule has 7 aromatic heterocycles. The summed E-state index contributed by atoms with van der Waals surface area (Å²) >= 11 is 0. The van der Waals surface area contributed by atoms with Crippen LogP contribution in [0.1, 0.15) is 22.3 Å². The average molecular weight is 1070 g/mol. The van der Waals surface area contributed by atoms with Crippen LogP contribution in [0.15, 0.2) is 273 Å². The van der Waals surface area contributed by atoms with Gasteiger partial charge in [-0.3, -0.25) is 14.5 Å². The predicted molar refractivity (Wildman–Crippen MR) is 340 cm³/mol. The molecule has 8 heteroatoms. The Hall–Kier alpha value is -11.4. The SMILES string of the molecule is c1cnc(-n2c3ccccc3c3cc(-c4ccc5c(c4)C4(c6ccc(-n7c8ccccc8c8ccccc87)cc6O5)c5cccnc5-c5ncc(-n6c7ccccc7c7ccccc76)cc54)ccc32)c(-n2c3ccccc3c3ccccc32)c1. The van der Waals surface area contributed by atoms with E-state index in [1.165, 1.54) is 32.3 Å². The van der Waals surface area contributed by atoms with Gasteiger partial charge in [-0.1, -0.05) is 152 Å². The van der Waals surface area contributed by atoms with E-state index in [9.17, 15) is 0 Å². The Morgan fingerprint density at radius 3 is 1.37 bits per heavy atom. The number of pyridine rings is 3. The van der Waals surface area contributed by atoms with Gasteiger partial charge in [0.05, 0.1) is 78.5 Å². The number of ether oxygens (including phenoxy) is 1. The average Bonchev–Trinajstić information content (AvgIpc) is 1.63. The van der Waals surface area contributed by atoms with Gasteiger partial charge in [0.15, 0.2) is 5.82 Å². The predicted octanol–water partition coefficient (Wildman–Crippen LogP) is 18.4. The van der Waals surface area contributed by atoms with Crippen molar-refractivity contribution in [1.29, 1.82) is 0 Å². The molecule has 0 bridgehead atoms. The quantitative estimate of drug-likeness (QED) is 0.172. The molecule has 1 aliphatic heterocycles. The van der Waals surface area contributed by atoms with Crippen LogP contribution in [-0.4, -0.2) is 33.2 Å². The van der Waals surface area contributed by atoms with Crippen LogP contribution in [0.5, 0.6) is 11.5 Å². The number of hydrogen-bond acceptors (Lipinski definition) is 4. The summed E-state index contributed by atoms with van der Waals surface area (Å²) in [4.78, 5) is 15.9. The van der Waals surface area contributed by atoms with Gasteiger partial charge < -0.3 is 18.4 Å². The van der Waals surface area contributed by atoms with Gasteiger partial charge in [0.25, 0.3) is 0 Å². The van der Waals surface area contributed by atoms with Crippen LogP contribution in [0.2, 0.25) is 0 Å². The summed E-state index contributed by atoms with van der Waals surface area (Å²) in [5.74, 6) is 2.42. The number of benzene rings is 10. The molecule has 84 heavy (non-hydrogen) atoms. The second-order valence-corrected chi connectivity index (χ2v) is 22.3. The van der Waals surface area contributed by atoms with Crippen molar-refractivity contribution in [1.82, 2.24) is 33.2 Å². The Morgan fingerprint density at radius 2 is 0.762 bits per heavy atom. The van der Waals surface area contributed by atoms with Gasteiger partial charge in [-0.15, -0.1) is 0 Å². The summed E-state index contributed by atoms with van der Waals surface area (Å²) in [6.45, 7) is 0. The molecule has 8 nitrogen and oxygen atoms in total. The van der Waals surface area contributed by atoms with Crippen LogP contribution in [0.3, 0.4) is 0 Å². The highest BCUT2D eigenvalue weighted by Crippen LogP contribution is 2.62. The van der Waals surface area contributed by atoms with Crippen molar-refractivity contribution in [3.63, 3.8) is 0 Å². The van der Waals surface area contributed by atoms with E-state index in [1.807, 2.05) is 24.7 Å². The van der Waals surface area contributed by atoms with E-state index in [0.717, 1.165) is 134 Å². The summed E-state index contributed by atoms with van der Waals surface area (Å²) in [5, 5.41) is 9.50. The van der Waals surface area contributed by atoms with Gasteiger partial charge in [-0.2, -0.15) is 0 Å². The zero-order valence-corrected chi connectivity index (χ0v) is 45.0. The lowest BCUT2D eigenvalue weighted by Gasteiger charge is -2.39. The second-order valence-electron chi connectivity index (χ2n) is 22.3. The van der Waals surface area contributed by atoms with Crippen LogP contribution in [0, 0.1) is 0 Å². The van der Waals surface area contributed by atoms with Crippen molar-refractivity contribution < 1.29 is 4.74 Å². The molecule has 2 aliphatic rings. The molecule has 1 unspecified atom stereocenters. The fourth-order valence-electron chi connectivity index (χ4n) is 14.8. The Balaban J connectivity index is 0.843. The van der Waals surface area contributed by atoms with E-state index < -0.39 is 5.41 Å². The largest absolute Gasteiger partial charge is 0.457 e. The maximum Gasteiger partial charge on any atom is 0.162 e. The normalized spacial score (nSPS) is 14.3. The molecule has 1 spiro atoms. The van der Waals surface area contributed by atoms with Gasteiger partial charge in [0.2, 0.25) is 0 Å². The van der Waals surface area contributed by atoms with Crippen LogP contribution < -0.4 is 4.74 Å². The Labute approximate surface area is 480 Å². The Bertz CT molecular complexity index is 5540. The Kier molecular flexibility index (Phi) is 9.11. The molecular weight excluding hydrogens is 1030 g/mol. The minimum absolute atomic E-state index is 0.779. The maximum absolute atomic E-state index is 7.37. The molecule has 0 saturated heterocycles. The van der Waals surface area contributed by atoms with E-state index in [1.54, 1.807) is 0 Å². The standard InChI is InChI=1S/C76H45N7O/c1-8-25-62-50(17-1)51-18-2-9-26-63(51)80(62)48-35-36-58-72(44-48)84-71-38-34-47(42-60(71)76(58)59-24-15-39-77-73(59)74-61(76)43-49(45-79-74)81-64-27-10-3-19-52(64)53-20-4-11-28-65(53)81)46-33-37-69-57(41-46)56-23-7-14-31-68(56)83(69)75-70(32-16-40-78-75)82-66-29-12-5-21-54(66)55-22-6-13-30-67(55)82/h1-45H. The highest BCUT2D eigenvalue weighted by Gasteiger charge is 2.53. The van der Waals surface area contributed by atoms with Crippen molar-refractivity contribution >= 4 is 87.2 Å². The number of aromatic nitrogens is 7. The van der Waals surface area contributed by atoms with Crippen LogP contribution >= 0.6 is 0 Å². The third-order valence-corrected chi connectivity index (χ3v) is 18.2. The monoisotopic (exact) mass is 1070 g/mol. The highest BCUT2D eigenvalue weighted by molar-refractivity contribution is 6.13. The van der Waals surface area contributed by atoms with E-state index in [4.69, 9.17) is 19.7 Å². The van der Waals surface area contributed by atoms with E-state index in [-0.39, 0.29) is 0 Å². The molecule has 0 N–H and O–H groups in total. The molecule has 390 valence electrons. The third kappa shape index (κ3) is 5.97. The van der Waals surface area contributed by atoms with Crippen molar-refractivity contribution in [2.24, 2.45) is 0 Å². The molecule has 19 rings (SSSR count). The van der Waals surface area contributed by atoms with Gasteiger partial charge in [0.1, 0.15) is 11.5 Å². The first-order valence-corrected chi connectivity index (χ1v) is 28.6. The Morgan fingerprint density at radius 1 is 0.286 bits per heavy atom. The number of rotatable bonds is 5. The van der Waals surface area contributed by atoms with Crippen molar-refractivity contribution in [2.75, 3.05) is 0 Å². The summed E-state index contributed by atoms with van der Waals surface area (Å²) in [7, 11) is 0. The van der Waals surface area contributed by atoms with Crippen molar-refractivity contribution in [3.8, 4) is 56.9 Å². The molecule has 0 fully saturated rings. The van der Waals surface area contributed by atoms with Crippen molar-refractivity contribution in [3.05, 3.63) is 296 Å². The lowest BCUT2D eigenvalue weighted by Crippen LogP contribution is -2.32. The minimum atomic E-state index is -0.901. The summed E-state index contributed by atoms with van der Waals surface area (Å²) in [6, 6.07) is 92.2. The smallest absolute Gasteiger partial charge is 0.162 e. The van der Waals surface area contributed by atoms with Crippen LogP contribution in [0.25, 0.3) is 133 Å². The minimum Gasteiger partial charge on any atom is -0.457 e. The summed E-state index contributed by atoms with van der Waals surface area (Å²) < 4.78 is 16.8. The van der Waals surface area contributed by atoms with Crippen LogP contribution in [-0.2, 0) is 5.41 Å². The van der Waals surface area contributed by atoms with Gasteiger partial charge in [-0.25, -0.2) is 4.98 Å². The van der Waals surface area contributed by atoms with Gasteiger partial charge in [0, 0.05) is 83.9 Å². The van der Waals surface area contributed by atoms with E-state index in [0.29, 0.717) is 0 Å². The molecule has 10 aromatic carbocycles. The fraction of sp³-hybridized carbons (Fsp3) is 0.0132. The third-order valence-electron chi connectivity index (χ3n) is 18.2. The second kappa shape index (κ2) is 16.9. The molecular formula is C76H45N7O. The molecule has 0 amide bonds. The number of para-hydroxylation sites is 7. The lowest BCUT2D eigenvalue weighted by molar-refractivity contribution is 0.436. The first kappa shape index (κ1) is 45.4. The van der Waals surface area contributed by atoms with Gasteiger partial charge >= 0.3 is 0 Å². The topological polar surface area (TPSA) is 67.6 Å². The zero-order chi connectivity index (χ0) is 54.8. The first-order chi connectivity index (χ1) is 41.7. The summed E-state index contributed by atoms with van der Waals surface area (Å²) in [6.07, 6.45) is 5.84. The first-order valence-electron chi connectivity index (χ1n) is 28.6. The molecule has 1 aliphatic carbocycles. The van der Waals surface area contributed by atoms with Crippen molar-refractivity contribution in [2.45, 2.75) is 5.41 Å². The van der Waals surface area contributed by atoms with E-state index in [2.05, 4.69) is 267 Å².